The summed E-state index contributed by atoms with van der Waals surface area (Å²) in [4.78, 5) is 21.1. The molecule has 1 N–H and O–H groups in total. The first-order chi connectivity index (χ1) is 19.0. The fourth-order valence-corrected chi connectivity index (χ4v) is 5.48. The summed E-state index contributed by atoms with van der Waals surface area (Å²) in [6.45, 7) is 6.40. The smallest absolute Gasteiger partial charge is 0.390 e. The molecule has 0 saturated carbocycles. The van der Waals surface area contributed by atoms with Gasteiger partial charge in [0, 0.05) is 55.7 Å². The number of pyridine rings is 1. The first-order valence-corrected chi connectivity index (χ1v) is 14.5. The van der Waals surface area contributed by atoms with Crippen molar-refractivity contribution in [1.29, 1.82) is 0 Å². The summed E-state index contributed by atoms with van der Waals surface area (Å²) < 4.78 is 68.0. The number of carbonyl (C=O) groups excluding carboxylic acids is 1. The number of rotatable bonds is 10. The number of benzene rings is 2. The molecule has 2 aromatic carbocycles. The maximum atomic E-state index is 12.3. The van der Waals surface area contributed by atoms with Crippen LogP contribution in [0.25, 0.3) is 11.1 Å². The highest BCUT2D eigenvalue weighted by molar-refractivity contribution is 7.90. The van der Waals surface area contributed by atoms with Crippen LogP contribution in [0.3, 0.4) is 0 Å². The molecule has 214 valence electrons. The van der Waals surface area contributed by atoms with Crippen molar-refractivity contribution < 1.29 is 31.1 Å². The third-order valence-corrected chi connectivity index (χ3v) is 7.75. The number of sulfonamides is 1. The number of ether oxygens (including phenoxy) is 1. The minimum absolute atomic E-state index is 0.0532. The van der Waals surface area contributed by atoms with Gasteiger partial charge in [-0.3, -0.25) is 14.7 Å². The van der Waals surface area contributed by atoms with Gasteiger partial charge in [0.2, 0.25) is 10.0 Å². The Morgan fingerprint density at radius 3 is 2.40 bits per heavy atom. The molecule has 1 aromatic heterocycles. The molecule has 8 nitrogen and oxygen atoms in total. The van der Waals surface area contributed by atoms with Gasteiger partial charge in [-0.2, -0.15) is 13.2 Å². The van der Waals surface area contributed by atoms with Crippen molar-refractivity contribution >= 4 is 21.6 Å². The van der Waals surface area contributed by atoms with Crippen molar-refractivity contribution in [2.75, 3.05) is 43.4 Å². The van der Waals surface area contributed by atoms with Crippen LogP contribution in [-0.4, -0.2) is 68.9 Å². The zero-order valence-corrected chi connectivity index (χ0v) is 22.8. The maximum Gasteiger partial charge on any atom is 0.390 e. The first kappa shape index (κ1) is 29.3. The van der Waals surface area contributed by atoms with E-state index in [1.54, 1.807) is 23.1 Å². The van der Waals surface area contributed by atoms with Crippen LogP contribution in [0.15, 0.2) is 67.0 Å². The molecule has 1 aliphatic heterocycles. The number of hydrogen-bond acceptors (Lipinski definition) is 7. The summed E-state index contributed by atoms with van der Waals surface area (Å²) in [5, 5.41) is 0. The summed E-state index contributed by atoms with van der Waals surface area (Å²) >= 11 is 0. The Morgan fingerprint density at radius 1 is 1.02 bits per heavy atom. The predicted octanol–water partition coefficient (Wildman–Crippen LogP) is 4.48. The summed E-state index contributed by atoms with van der Waals surface area (Å²) in [5.41, 5.74) is 4.21. The molecule has 4 rings (SSSR count). The summed E-state index contributed by atoms with van der Waals surface area (Å²) in [6, 6.07) is 16.6. The SMILES string of the molecule is CCOc1cncc(-c2ccccc2CN2CCN(c3ccc(C(=O)NS(=O)(=O)CCC(F)(F)F)cc3)CC2)c1. The van der Waals surface area contributed by atoms with E-state index in [-0.39, 0.29) is 5.56 Å². The van der Waals surface area contributed by atoms with Gasteiger partial charge < -0.3 is 9.64 Å². The van der Waals surface area contributed by atoms with Crippen LogP contribution in [0.4, 0.5) is 18.9 Å². The Bertz CT molecular complexity index is 1410. The zero-order chi connectivity index (χ0) is 28.8. The topological polar surface area (TPSA) is 91.8 Å². The van der Waals surface area contributed by atoms with Crippen molar-refractivity contribution in [1.82, 2.24) is 14.6 Å². The minimum Gasteiger partial charge on any atom is -0.492 e. The molecule has 0 atom stereocenters. The van der Waals surface area contributed by atoms with Crippen LogP contribution in [0.2, 0.25) is 0 Å². The zero-order valence-electron chi connectivity index (χ0n) is 22.0. The number of halogens is 3. The molecular formula is C28H31F3N4O4S. The Hall–Kier alpha value is -3.64. The van der Waals surface area contributed by atoms with Gasteiger partial charge in [-0.25, -0.2) is 13.1 Å². The second-order valence-corrected chi connectivity index (χ2v) is 11.3. The first-order valence-electron chi connectivity index (χ1n) is 12.9. The molecule has 12 heteroatoms. The highest BCUT2D eigenvalue weighted by atomic mass is 32.2. The molecule has 40 heavy (non-hydrogen) atoms. The Labute approximate surface area is 231 Å². The van der Waals surface area contributed by atoms with Crippen molar-refractivity contribution in [2.45, 2.75) is 26.1 Å². The molecule has 1 amide bonds. The molecule has 0 radical (unpaired) electrons. The monoisotopic (exact) mass is 576 g/mol. The molecule has 3 aromatic rings. The second-order valence-electron chi connectivity index (χ2n) is 9.42. The van der Waals surface area contributed by atoms with E-state index in [1.807, 2.05) is 31.3 Å². The van der Waals surface area contributed by atoms with Gasteiger partial charge in [-0.05, 0) is 48.4 Å². The van der Waals surface area contributed by atoms with Gasteiger partial charge in [0.25, 0.3) is 5.91 Å². The van der Waals surface area contributed by atoms with E-state index >= 15 is 0 Å². The number of nitrogens with zero attached hydrogens (tertiary/aromatic N) is 3. The summed E-state index contributed by atoms with van der Waals surface area (Å²) in [6.07, 6.45) is -2.61. The van der Waals surface area contributed by atoms with Crippen molar-refractivity contribution in [3.8, 4) is 16.9 Å². The Balaban J connectivity index is 1.33. The highest BCUT2D eigenvalue weighted by Gasteiger charge is 2.30. The molecule has 1 aliphatic rings. The third kappa shape index (κ3) is 8.18. The lowest BCUT2D eigenvalue weighted by Crippen LogP contribution is -2.46. The number of anilines is 1. The van der Waals surface area contributed by atoms with Gasteiger partial charge in [0.15, 0.2) is 0 Å². The minimum atomic E-state index is -4.63. The summed E-state index contributed by atoms with van der Waals surface area (Å²) in [5.74, 6) is -1.43. The number of alkyl halides is 3. The van der Waals surface area contributed by atoms with Crippen LogP contribution in [0.1, 0.15) is 29.3 Å². The van der Waals surface area contributed by atoms with E-state index in [0.717, 1.165) is 55.3 Å². The average Bonchev–Trinajstić information content (AvgIpc) is 2.93. The number of amides is 1. The van der Waals surface area contributed by atoms with Crippen molar-refractivity contribution in [3.05, 3.63) is 78.1 Å². The molecular weight excluding hydrogens is 545 g/mol. The van der Waals surface area contributed by atoms with Gasteiger partial charge in [-0.1, -0.05) is 24.3 Å². The quantitative estimate of drug-likeness (QED) is 0.381. The third-order valence-electron chi connectivity index (χ3n) is 6.52. The standard InChI is InChI=1S/C28H31F3N4O4S/c1-2-39-25-17-23(18-32-19-25)26-6-4-3-5-22(26)20-34-12-14-35(15-13-34)24-9-7-21(8-10-24)27(36)33-40(37,38)16-11-28(29,30)31/h3-10,17-19H,2,11-16,20H2,1H3,(H,33,36). The molecule has 0 bridgehead atoms. The average molecular weight is 577 g/mol. The fourth-order valence-electron chi connectivity index (χ4n) is 4.48. The van der Waals surface area contributed by atoms with Crippen molar-refractivity contribution in [2.24, 2.45) is 0 Å². The van der Waals surface area contributed by atoms with Gasteiger partial charge >= 0.3 is 6.18 Å². The van der Waals surface area contributed by atoms with Crippen LogP contribution >= 0.6 is 0 Å². The lowest BCUT2D eigenvalue weighted by Gasteiger charge is -2.36. The molecule has 0 aliphatic carbocycles. The highest BCUT2D eigenvalue weighted by Crippen LogP contribution is 2.28. The second kappa shape index (κ2) is 12.7. The number of piperazine rings is 1. The molecule has 1 fully saturated rings. The van der Waals surface area contributed by atoms with Gasteiger partial charge in [-0.15, -0.1) is 0 Å². The van der Waals surface area contributed by atoms with E-state index in [9.17, 15) is 26.4 Å². The lowest BCUT2D eigenvalue weighted by atomic mass is 10.0. The van der Waals surface area contributed by atoms with Gasteiger partial charge in [0.1, 0.15) is 5.75 Å². The van der Waals surface area contributed by atoms with E-state index in [4.69, 9.17) is 4.74 Å². The van der Waals surface area contributed by atoms with E-state index < -0.39 is 34.3 Å². The molecule has 0 unspecified atom stereocenters. The van der Waals surface area contributed by atoms with Crippen LogP contribution in [0.5, 0.6) is 5.75 Å². The number of hydrogen-bond donors (Lipinski definition) is 1. The number of carbonyl (C=O) groups is 1. The van der Waals surface area contributed by atoms with Crippen LogP contribution in [0, 0.1) is 0 Å². The Morgan fingerprint density at radius 2 is 1.73 bits per heavy atom. The molecule has 2 heterocycles. The largest absolute Gasteiger partial charge is 0.492 e. The van der Waals surface area contributed by atoms with E-state index in [1.165, 1.54) is 17.7 Å². The predicted molar refractivity (Wildman–Crippen MR) is 147 cm³/mol. The number of nitrogens with one attached hydrogen (secondary N) is 1. The van der Waals surface area contributed by atoms with Crippen molar-refractivity contribution in [3.63, 3.8) is 0 Å². The van der Waals surface area contributed by atoms with Crippen LogP contribution < -0.4 is 14.4 Å². The Kier molecular flexibility index (Phi) is 9.31. The van der Waals surface area contributed by atoms with E-state index in [2.05, 4.69) is 26.9 Å². The normalized spacial score (nSPS) is 14.7. The maximum absolute atomic E-state index is 12.3. The lowest BCUT2D eigenvalue weighted by molar-refractivity contribution is -0.130. The molecule has 0 spiro atoms. The molecule has 1 saturated heterocycles. The van der Waals surface area contributed by atoms with Gasteiger partial charge in [0.05, 0.1) is 25.0 Å². The van der Waals surface area contributed by atoms with E-state index in [0.29, 0.717) is 6.61 Å². The van der Waals surface area contributed by atoms with Crippen LogP contribution in [-0.2, 0) is 16.6 Å². The summed E-state index contributed by atoms with van der Waals surface area (Å²) in [7, 11) is -4.40. The number of aromatic nitrogens is 1. The fraction of sp³-hybridized carbons (Fsp3) is 0.357.